The van der Waals surface area contributed by atoms with Gasteiger partial charge >= 0.3 is 0 Å². The van der Waals surface area contributed by atoms with E-state index in [-0.39, 0.29) is 0 Å². The van der Waals surface area contributed by atoms with Crippen LogP contribution >= 0.6 is 0 Å². The second-order valence-electron chi connectivity index (χ2n) is 4.78. The van der Waals surface area contributed by atoms with Gasteiger partial charge in [-0.1, -0.05) is 39.0 Å². The summed E-state index contributed by atoms with van der Waals surface area (Å²) >= 11 is 0. The molecule has 1 aromatic carbocycles. The van der Waals surface area contributed by atoms with E-state index in [4.69, 9.17) is 5.73 Å². The molecule has 2 N–H and O–H groups in total. The van der Waals surface area contributed by atoms with Gasteiger partial charge < -0.3 is 5.73 Å². The molecule has 0 aliphatic carbocycles. The van der Waals surface area contributed by atoms with Crippen LogP contribution in [0.15, 0.2) is 18.2 Å². The molecule has 0 spiro atoms. The maximum absolute atomic E-state index is 5.54. The molecule has 0 saturated carbocycles. The predicted molar refractivity (Wildman–Crippen MR) is 71.9 cm³/mol. The van der Waals surface area contributed by atoms with E-state index in [1.807, 2.05) is 0 Å². The Kier molecular flexibility index (Phi) is 5.54. The third-order valence-corrected chi connectivity index (χ3v) is 3.18. The first kappa shape index (κ1) is 13.2. The summed E-state index contributed by atoms with van der Waals surface area (Å²) in [6.45, 7) is 7.55. The highest BCUT2D eigenvalue weighted by atomic mass is 14.5. The van der Waals surface area contributed by atoms with Crippen LogP contribution in [0.3, 0.4) is 0 Å². The molecule has 0 bridgehead atoms. The quantitative estimate of drug-likeness (QED) is 0.726. The summed E-state index contributed by atoms with van der Waals surface area (Å²) in [4.78, 5) is 0. The van der Waals surface area contributed by atoms with Crippen LogP contribution < -0.4 is 5.73 Å². The minimum Gasteiger partial charge on any atom is -0.330 e. The molecular weight excluding hydrogens is 194 g/mol. The van der Waals surface area contributed by atoms with E-state index < -0.39 is 0 Å². The molecule has 0 aliphatic rings. The minimum absolute atomic E-state index is 0.624. The Bertz CT molecular complexity index is 315. The molecule has 0 radical (unpaired) electrons. The van der Waals surface area contributed by atoms with Gasteiger partial charge in [-0.3, -0.25) is 0 Å². The van der Waals surface area contributed by atoms with E-state index in [1.165, 1.54) is 29.5 Å². The van der Waals surface area contributed by atoms with E-state index in [9.17, 15) is 0 Å². The summed E-state index contributed by atoms with van der Waals surface area (Å²) in [5, 5.41) is 0. The summed E-state index contributed by atoms with van der Waals surface area (Å²) in [7, 11) is 0. The monoisotopic (exact) mass is 219 g/mol. The van der Waals surface area contributed by atoms with Crippen LogP contribution in [0.1, 0.15) is 56.2 Å². The third kappa shape index (κ3) is 3.64. The molecule has 1 rings (SSSR count). The summed E-state index contributed by atoms with van der Waals surface area (Å²) in [5.74, 6) is 0.624. The fraction of sp³-hybridized carbons (Fsp3) is 0.600. The van der Waals surface area contributed by atoms with E-state index in [1.54, 1.807) is 0 Å². The van der Waals surface area contributed by atoms with Gasteiger partial charge in [0.05, 0.1) is 0 Å². The van der Waals surface area contributed by atoms with Gasteiger partial charge in [0.15, 0.2) is 0 Å². The zero-order valence-corrected chi connectivity index (χ0v) is 10.9. The molecule has 1 nitrogen and oxygen atoms in total. The van der Waals surface area contributed by atoms with Crippen LogP contribution in [-0.4, -0.2) is 6.54 Å². The molecule has 0 amide bonds. The van der Waals surface area contributed by atoms with Gasteiger partial charge in [0, 0.05) is 0 Å². The number of unbranched alkanes of at least 4 members (excludes halogenated alkanes) is 1. The van der Waals surface area contributed by atoms with Gasteiger partial charge in [0.1, 0.15) is 0 Å². The van der Waals surface area contributed by atoms with Crippen molar-refractivity contribution in [2.75, 3.05) is 6.54 Å². The van der Waals surface area contributed by atoms with E-state index in [0.29, 0.717) is 5.92 Å². The van der Waals surface area contributed by atoms with Crippen LogP contribution in [0.5, 0.6) is 0 Å². The number of nitrogens with two attached hydrogens (primary N) is 1. The highest BCUT2D eigenvalue weighted by molar-refractivity contribution is 5.33. The summed E-state index contributed by atoms with van der Waals surface area (Å²) < 4.78 is 0. The lowest BCUT2D eigenvalue weighted by molar-refractivity contribution is 0.737. The molecule has 0 heterocycles. The van der Waals surface area contributed by atoms with Crippen LogP contribution in [-0.2, 0) is 12.8 Å². The molecule has 0 unspecified atom stereocenters. The minimum atomic E-state index is 0.624. The molecule has 0 fully saturated rings. The maximum Gasteiger partial charge on any atom is -0.00772 e. The highest BCUT2D eigenvalue weighted by Gasteiger charge is 2.05. The normalized spacial score (nSPS) is 11.1. The smallest absolute Gasteiger partial charge is 0.00772 e. The second-order valence-corrected chi connectivity index (χ2v) is 4.78. The lowest BCUT2D eigenvalue weighted by atomic mass is 9.93. The van der Waals surface area contributed by atoms with Crippen molar-refractivity contribution in [2.45, 2.75) is 52.4 Å². The Morgan fingerprint density at radius 2 is 1.88 bits per heavy atom. The second kappa shape index (κ2) is 6.70. The Hall–Kier alpha value is -0.820. The van der Waals surface area contributed by atoms with Gasteiger partial charge in [-0.2, -0.15) is 0 Å². The van der Waals surface area contributed by atoms with Crippen LogP contribution in [0, 0.1) is 0 Å². The molecule has 0 saturated heterocycles. The summed E-state index contributed by atoms with van der Waals surface area (Å²) in [5.41, 5.74) is 10.0. The van der Waals surface area contributed by atoms with Crippen molar-refractivity contribution in [3.05, 3.63) is 34.9 Å². The van der Waals surface area contributed by atoms with Crippen LogP contribution in [0.4, 0.5) is 0 Å². The van der Waals surface area contributed by atoms with Gasteiger partial charge in [-0.15, -0.1) is 0 Å². The first-order chi connectivity index (χ1) is 7.69. The van der Waals surface area contributed by atoms with E-state index in [0.717, 1.165) is 19.4 Å². The Balaban J connectivity index is 2.80. The van der Waals surface area contributed by atoms with Crippen molar-refractivity contribution in [1.82, 2.24) is 0 Å². The zero-order valence-electron chi connectivity index (χ0n) is 10.9. The average Bonchev–Trinajstić information content (AvgIpc) is 2.29. The van der Waals surface area contributed by atoms with Crippen LogP contribution in [0.2, 0.25) is 0 Å². The number of hydrogen-bond acceptors (Lipinski definition) is 1. The molecule has 0 aliphatic heterocycles. The van der Waals surface area contributed by atoms with Crippen molar-refractivity contribution in [3.8, 4) is 0 Å². The number of rotatable bonds is 6. The summed E-state index contributed by atoms with van der Waals surface area (Å²) in [6.07, 6.45) is 4.66. The standard InChI is InChI=1S/C15H25N/c1-4-13-8-9-14(12(2)3)11-15(13)7-5-6-10-16/h8-9,11-12H,4-7,10,16H2,1-3H3. The van der Waals surface area contributed by atoms with Crippen molar-refractivity contribution in [3.63, 3.8) is 0 Å². The predicted octanol–water partition coefficient (Wildman–Crippen LogP) is 3.65. The van der Waals surface area contributed by atoms with E-state index >= 15 is 0 Å². The molecule has 0 atom stereocenters. The SMILES string of the molecule is CCc1ccc(C(C)C)cc1CCCCN. The maximum atomic E-state index is 5.54. The molecule has 1 heteroatoms. The van der Waals surface area contributed by atoms with Crippen LogP contribution in [0.25, 0.3) is 0 Å². The Labute approximate surface area is 100 Å². The first-order valence-electron chi connectivity index (χ1n) is 6.50. The van der Waals surface area contributed by atoms with Gasteiger partial charge in [-0.05, 0) is 54.8 Å². The molecule has 0 aromatic heterocycles. The fourth-order valence-electron chi connectivity index (χ4n) is 2.04. The molecule has 1 aromatic rings. The van der Waals surface area contributed by atoms with Crippen molar-refractivity contribution < 1.29 is 0 Å². The topological polar surface area (TPSA) is 26.0 Å². The fourth-order valence-corrected chi connectivity index (χ4v) is 2.04. The Morgan fingerprint density at radius 1 is 1.12 bits per heavy atom. The molecule has 90 valence electrons. The number of hydrogen-bond donors (Lipinski definition) is 1. The number of aryl methyl sites for hydroxylation is 2. The van der Waals surface area contributed by atoms with Gasteiger partial charge in [0.2, 0.25) is 0 Å². The highest BCUT2D eigenvalue weighted by Crippen LogP contribution is 2.20. The van der Waals surface area contributed by atoms with Crippen molar-refractivity contribution in [2.24, 2.45) is 5.73 Å². The van der Waals surface area contributed by atoms with Gasteiger partial charge in [0.25, 0.3) is 0 Å². The molecule has 16 heavy (non-hydrogen) atoms. The first-order valence-corrected chi connectivity index (χ1v) is 6.50. The van der Waals surface area contributed by atoms with E-state index in [2.05, 4.69) is 39.0 Å². The average molecular weight is 219 g/mol. The van der Waals surface area contributed by atoms with Crippen molar-refractivity contribution in [1.29, 1.82) is 0 Å². The third-order valence-electron chi connectivity index (χ3n) is 3.18. The zero-order chi connectivity index (χ0) is 12.0. The molecular formula is C15H25N. The van der Waals surface area contributed by atoms with Crippen molar-refractivity contribution >= 4 is 0 Å². The lowest BCUT2D eigenvalue weighted by Crippen LogP contribution is -2.01. The number of benzene rings is 1. The summed E-state index contributed by atoms with van der Waals surface area (Å²) in [6, 6.07) is 6.96. The largest absolute Gasteiger partial charge is 0.330 e. The van der Waals surface area contributed by atoms with Gasteiger partial charge in [-0.25, -0.2) is 0 Å². The Morgan fingerprint density at radius 3 is 2.44 bits per heavy atom. The lowest BCUT2D eigenvalue weighted by Gasteiger charge is -2.12.